The maximum absolute atomic E-state index is 12.6. The van der Waals surface area contributed by atoms with Crippen LogP contribution in [0.4, 0.5) is 5.69 Å². The van der Waals surface area contributed by atoms with E-state index in [1.54, 1.807) is 11.3 Å². The number of nitrogens with one attached hydrogen (secondary N) is 3. The van der Waals surface area contributed by atoms with E-state index in [0.717, 1.165) is 28.2 Å². The molecule has 0 aliphatic rings. The van der Waals surface area contributed by atoms with Crippen LogP contribution in [0.15, 0.2) is 42.5 Å². The van der Waals surface area contributed by atoms with Gasteiger partial charge in [0.2, 0.25) is 11.8 Å². The second kappa shape index (κ2) is 13.9. The van der Waals surface area contributed by atoms with Crippen LogP contribution < -0.4 is 16.0 Å². The highest BCUT2D eigenvalue weighted by molar-refractivity contribution is 7.21. The van der Waals surface area contributed by atoms with Crippen LogP contribution in [0.1, 0.15) is 72.3 Å². The molecule has 0 bridgehead atoms. The molecule has 2 aromatic carbocycles. The van der Waals surface area contributed by atoms with Crippen LogP contribution in [0.5, 0.6) is 0 Å². The first-order valence-corrected chi connectivity index (χ1v) is 14.8. The number of aryl methyl sites for hydroxylation is 1. The van der Waals surface area contributed by atoms with E-state index >= 15 is 0 Å². The first-order valence-electron chi connectivity index (χ1n) is 14.0. The number of fused-ring (bicyclic) bond motifs is 1. The average molecular weight is 553 g/mol. The fourth-order valence-corrected chi connectivity index (χ4v) is 5.35. The highest BCUT2D eigenvalue weighted by Gasteiger charge is 2.26. The highest BCUT2D eigenvalue weighted by Crippen LogP contribution is 2.31. The largest absolute Gasteiger partial charge is 0.385 e. The number of nitrogens with zero attached hydrogens (tertiary/aromatic N) is 1. The summed E-state index contributed by atoms with van der Waals surface area (Å²) in [6.07, 6.45) is 3.02. The van der Waals surface area contributed by atoms with Crippen LogP contribution in [-0.2, 0) is 14.3 Å². The van der Waals surface area contributed by atoms with Crippen molar-refractivity contribution in [3.8, 4) is 10.6 Å². The van der Waals surface area contributed by atoms with Gasteiger partial charge in [-0.05, 0) is 95.8 Å². The highest BCUT2D eigenvalue weighted by atomic mass is 32.1. The van der Waals surface area contributed by atoms with Crippen molar-refractivity contribution in [3.05, 3.63) is 48.0 Å². The van der Waals surface area contributed by atoms with E-state index in [9.17, 15) is 9.59 Å². The number of carbonyl (C=O) groups excluding carboxylic acids is 2. The molecule has 0 aliphatic heterocycles. The SMILES string of the molecule is CCNC(=O)CCC(C)(CC)OCCC(C)(C)NC(=O)CCNc1ccc(-c2nc3ccc(C)cc3s2)cc1. The first kappa shape index (κ1) is 30.6. The van der Waals surface area contributed by atoms with Gasteiger partial charge in [0, 0.05) is 49.3 Å². The molecule has 2 amide bonds. The van der Waals surface area contributed by atoms with Gasteiger partial charge in [0.1, 0.15) is 5.01 Å². The van der Waals surface area contributed by atoms with Crippen molar-refractivity contribution in [1.82, 2.24) is 15.6 Å². The van der Waals surface area contributed by atoms with Crippen LogP contribution in [0, 0.1) is 6.92 Å². The van der Waals surface area contributed by atoms with Crippen molar-refractivity contribution < 1.29 is 14.3 Å². The van der Waals surface area contributed by atoms with Crippen molar-refractivity contribution in [2.75, 3.05) is 25.0 Å². The van der Waals surface area contributed by atoms with E-state index in [1.807, 2.05) is 32.9 Å². The molecule has 39 heavy (non-hydrogen) atoms. The Labute approximate surface area is 237 Å². The monoisotopic (exact) mass is 552 g/mol. The number of anilines is 1. The minimum Gasteiger partial charge on any atom is -0.385 e. The zero-order chi connectivity index (χ0) is 28.5. The molecule has 3 rings (SSSR count). The van der Waals surface area contributed by atoms with Crippen molar-refractivity contribution in [2.24, 2.45) is 0 Å². The van der Waals surface area contributed by atoms with Gasteiger partial charge in [0.15, 0.2) is 0 Å². The molecule has 1 atom stereocenters. The molecule has 8 heteroatoms. The molecule has 0 spiro atoms. The molecule has 212 valence electrons. The number of aromatic nitrogens is 1. The summed E-state index contributed by atoms with van der Waals surface area (Å²) in [5.74, 6) is 0.0598. The first-order chi connectivity index (χ1) is 18.5. The molecular formula is C31H44N4O3S. The summed E-state index contributed by atoms with van der Waals surface area (Å²) in [6, 6.07) is 14.5. The standard InChI is InChI=1S/C31H44N4O3S/c1-7-31(6,17-15-27(36)32-8-2)38-20-18-30(4,5)35-28(37)16-19-33-24-12-10-23(11-13-24)29-34-25-14-9-22(3)21-26(25)39-29/h9-14,21,33H,7-8,15-20H2,1-6H3,(H,32,36)(H,35,37). The molecule has 3 aromatic rings. The second-order valence-corrected chi connectivity index (χ2v) is 12.1. The third kappa shape index (κ3) is 9.62. The lowest BCUT2D eigenvalue weighted by Crippen LogP contribution is -2.45. The molecule has 3 N–H and O–H groups in total. The van der Waals surface area contributed by atoms with Gasteiger partial charge in [0.25, 0.3) is 0 Å². The van der Waals surface area contributed by atoms with Gasteiger partial charge in [-0.3, -0.25) is 9.59 Å². The van der Waals surface area contributed by atoms with Gasteiger partial charge in [-0.15, -0.1) is 11.3 Å². The van der Waals surface area contributed by atoms with E-state index in [2.05, 4.69) is 67.1 Å². The number of thiazole rings is 1. The Bertz CT molecular complexity index is 1240. The molecule has 7 nitrogen and oxygen atoms in total. The number of carbonyl (C=O) groups is 2. The summed E-state index contributed by atoms with van der Waals surface area (Å²) in [5, 5.41) is 10.3. The molecule has 0 radical (unpaired) electrons. The lowest BCUT2D eigenvalue weighted by Gasteiger charge is -2.32. The number of hydrogen-bond donors (Lipinski definition) is 3. The van der Waals surface area contributed by atoms with Gasteiger partial charge in [-0.1, -0.05) is 13.0 Å². The maximum atomic E-state index is 12.6. The van der Waals surface area contributed by atoms with Crippen molar-refractivity contribution in [2.45, 2.75) is 84.8 Å². The van der Waals surface area contributed by atoms with E-state index in [-0.39, 0.29) is 23.0 Å². The molecular weight excluding hydrogens is 508 g/mol. The molecule has 1 heterocycles. The quantitative estimate of drug-likeness (QED) is 0.201. The third-order valence-electron chi connectivity index (χ3n) is 7.02. The Morgan fingerprint density at radius 2 is 1.72 bits per heavy atom. The average Bonchev–Trinajstić information content (AvgIpc) is 3.31. The van der Waals surface area contributed by atoms with E-state index in [4.69, 9.17) is 9.72 Å². The van der Waals surface area contributed by atoms with E-state index in [1.165, 1.54) is 10.3 Å². The normalized spacial score (nSPS) is 13.2. The predicted molar refractivity (Wildman–Crippen MR) is 162 cm³/mol. The molecule has 1 aromatic heterocycles. The summed E-state index contributed by atoms with van der Waals surface area (Å²) in [5.41, 5.74) is 3.59. The summed E-state index contributed by atoms with van der Waals surface area (Å²) in [7, 11) is 0. The van der Waals surface area contributed by atoms with Gasteiger partial charge >= 0.3 is 0 Å². The molecule has 0 aliphatic carbocycles. The lowest BCUT2D eigenvalue weighted by molar-refractivity contribution is -0.124. The zero-order valence-corrected chi connectivity index (χ0v) is 25.1. The van der Waals surface area contributed by atoms with Crippen LogP contribution >= 0.6 is 11.3 Å². The molecule has 1 unspecified atom stereocenters. The number of hydrogen-bond acceptors (Lipinski definition) is 6. The van der Waals surface area contributed by atoms with Gasteiger partial charge in [-0.2, -0.15) is 0 Å². The van der Waals surface area contributed by atoms with Crippen LogP contribution in [0.2, 0.25) is 0 Å². The van der Waals surface area contributed by atoms with Gasteiger partial charge < -0.3 is 20.7 Å². The number of ether oxygens (including phenoxy) is 1. The van der Waals surface area contributed by atoms with E-state index in [0.29, 0.717) is 45.4 Å². The number of rotatable bonds is 15. The Kier molecular flexibility index (Phi) is 10.9. The summed E-state index contributed by atoms with van der Waals surface area (Å²) < 4.78 is 7.38. The maximum Gasteiger partial charge on any atom is 0.222 e. The summed E-state index contributed by atoms with van der Waals surface area (Å²) in [6.45, 7) is 13.9. The fraction of sp³-hybridized carbons (Fsp3) is 0.516. The second-order valence-electron chi connectivity index (χ2n) is 11.0. The topological polar surface area (TPSA) is 92.4 Å². The smallest absolute Gasteiger partial charge is 0.222 e. The Hall–Kier alpha value is -2.97. The van der Waals surface area contributed by atoms with Crippen LogP contribution in [0.3, 0.4) is 0 Å². The number of benzene rings is 2. The summed E-state index contributed by atoms with van der Waals surface area (Å²) in [4.78, 5) is 29.2. The van der Waals surface area contributed by atoms with Crippen LogP contribution in [0.25, 0.3) is 20.8 Å². The lowest BCUT2D eigenvalue weighted by atomic mass is 9.95. The Morgan fingerprint density at radius 1 is 0.974 bits per heavy atom. The molecule has 0 fully saturated rings. The minimum absolute atomic E-state index is 0.00313. The Morgan fingerprint density at radius 3 is 2.41 bits per heavy atom. The van der Waals surface area contributed by atoms with Crippen molar-refractivity contribution in [1.29, 1.82) is 0 Å². The molecule has 0 saturated heterocycles. The predicted octanol–water partition coefficient (Wildman–Crippen LogP) is 6.46. The fourth-order valence-electron chi connectivity index (χ4n) is 4.28. The summed E-state index contributed by atoms with van der Waals surface area (Å²) >= 11 is 1.70. The Balaban J connectivity index is 1.40. The van der Waals surface area contributed by atoms with Gasteiger partial charge in [-0.25, -0.2) is 4.98 Å². The van der Waals surface area contributed by atoms with Crippen LogP contribution in [-0.4, -0.2) is 47.6 Å². The van der Waals surface area contributed by atoms with Crippen molar-refractivity contribution in [3.63, 3.8) is 0 Å². The third-order valence-corrected chi connectivity index (χ3v) is 8.08. The zero-order valence-electron chi connectivity index (χ0n) is 24.3. The molecule has 0 saturated carbocycles. The number of amides is 2. The minimum atomic E-state index is -0.386. The van der Waals surface area contributed by atoms with E-state index < -0.39 is 0 Å². The van der Waals surface area contributed by atoms with Gasteiger partial charge in [0.05, 0.1) is 15.8 Å². The van der Waals surface area contributed by atoms with Crippen molar-refractivity contribution >= 4 is 39.1 Å².